The van der Waals surface area contributed by atoms with Crippen molar-refractivity contribution in [3.63, 3.8) is 0 Å². The molecule has 110 valence electrons. The molecule has 4 atom stereocenters. The predicted octanol–water partition coefficient (Wildman–Crippen LogP) is 1.61. The van der Waals surface area contributed by atoms with Gasteiger partial charge in [-0.1, -0.05) is 6.42 Å². The summed E-state index contributed by atoms with van der Waals surface area (Å²) in [5, 5.41) is 3.26. The summed E-state index contributed by atoms with van der Waals surface area (Å²) in [5.41, 5.74) is 5.98. The number of aromatic nitrogens is 2. The van der Waals surface area contributed by atoms with Crippen LogP contribution in [-0.4, -0.2) is 27.5 Å². The van der Waals surface area contributed by atoms with E-state index < -0.39 is 0 Å². The van der Waals surface area contributed by atoms with Gasteiger partial charge in [-0.3, -0.25) is 4.79 Å². The van der Waals surface area contributed by atoms with Crippen LogP contribution < -0.4 is 11.1 Å². The molecule has 1 amide bonds. The SMILES string of the molecule is NC1CCCC(C(=O)NC2CCCC2n2ccnc2)C1. The van der Waals surface area contributed by atoms with Gasteiger partial charge in [0.2, 0.25) is 5.91 Å². The fourth-order valence-electron chi connectivity index (χ4n) is 3.70. The van der Waals surface area contributed by atoms with Gasteiger partial charge in [-0.05, 0) is 38.5 Å². The van der Waals surface area contributed by atoms with Crippen molar-refractivity contribution in [3.05, 3.63) is 18.7 Å². The molecule has 0 radical (unpaired) electrons. The summed E-state index contributed by atoms with van der Waals surface area (Å²) in [7, 11) is 0. The van der Waals surface area contributed by atoms with Gasteiger partial charge in [0.15, 0.2) is 0 Å². The quantitative estimate of drug-likeness (QED) is 0.881. The standard InChI is InChI=1S/C15H24N4O/c16-12-4-1-3-11(9-12)15(20)18-13-5-2-6-14(13)19-8-7-17-10-19/h7-8,10-14H,1-6,9,16H2,(H,18,20). The Hall–Kier alpha value is -1.36. The van der Waals surface area contributed by atoms with Crippen molar-refractivity contribution < 1.29 is 4.79 Å². The van der Waals surface area contributed by atoms with Gasteiger partial charge < -0.3 is 15.6 Å². The average molecular weight is 276 g/mol. The zero-order chi connectivity index (χ0) is 13.9. The number of rotatable bonds is 3. The van der Waals surface area contributed by atoms with E-state index in [0.29, 0.717) is 6.04 Å². The van der Waals surface area contributed by atoms with Crippen LogP contribution in [0.5, 0.6) is 0 Å². The van der Waals surface area contributed by atoms with E-state index in [-0.39, 0.29) is 23.9 Å². The minimum atomic E-state index is 0.114. The molecule has 2 aliphatic carbocycles. The van der Waals surface area contributed by atoms with Gasteiger partial charge in [0.1, 0.15) is 0 Å². The summed E-state index contributed by atoms with van der Waals surface area (Å²) in [4.78, 5) is 16.5. The zero-order valence-electron chi connectivity index (χ0n) is 11.9. The lowest BCUT2D eigenvalue weighted by molar-refractivity contribution is -0.127. The van der Waals surface area contributed by atoms with Gasteiger partial charge in [-0.2, -0.15) is 0 Å². The van der Waals surface area contributed by atoms with Gasteiger partial charge in [0.25, 0.3) is 0 Å². The van der Waals surface area contributed by atoms with Crippen LogP contribution in [0, 0.1) is 5.92 Å². The maximum absolute atomic E-state index is 12.4. The smallest absolute Gasteiger partial charge is 0.223 e. The Bertz CT molecular complexity index is 445. The predicted molar refractivity (Wildman–Crippen MR) is 77.0 cm³/mol. The van der Waals surface area contributed by atoms with Gasteiger partial charge >= 0.3 is 0 Å². The van der Waals surface area contributed by atoms with Gasteiger partial charge in [-0.25, -0.2) is 4.98 Å². The minimum Gasteiger partial charge on any atom is -0.351 e. The molecule has 20 heavy (non-hydrogen) atoms. The third-order valence-corrected chi connectivity index (χ3v) is 4.80. The van der Waals surface area contributed by atoms with Crippen molar-refractivity contribution >= 4 is 5.91 Å². The average Bonchev–Trinajstić information content (AvgIpc) is 3.08. The van der Waals surface area contributed by atoms with Crippen LogP contribution in [0.15, 0.2) is 18.7 Å². The second kappa shape index (κ2) is 5.95. The van der Waals surface area contributed by atoms with E-state index in [1.807, 2.05) is 12.5 Å². The lowest BCUT2D eigenvalue weighted by Gasteiger charge is -2.29. The van der Waals surface area contributed by atoms with E-state index in [4.69, 9.17) is 5.73 Å². The van der Waals surface area contributed by atoms with Crippen LogP contribution in [0.4, 0.5) is 0 Å². The number of hydrogen-bond donors (Lipinski definition) is 2. The molecule has 0 aliphatic heterocycles. The first-order valence-electron chi connectivity index (χ1n) is 7.77. The summed E-state index contributed by atoms with van der Waals surface area (Å²) in [5.74, 6) is 0.319. The number of amides is 1. The highest BCUT2D eigenvalue weighted by atomic mass is 16.2. The summed E-state index contributed by atoms with van der Waals surface area (Å²) >= 11 is 0. The van der Waals surface area contributed by atoms with Crippen LogP contribution in [0.1, 0.15) is 51.0 Å². The van der Waals surface area contributed by atoms with Gasteiger partial charge in [-0.15, -0.1) is 0 Å². The maximum atomic E-state index is 12.4. The zero-order valence-corrected chi connectivity index (χ0v) is 11.9. The molecule has 3 N–H and O–H groups in total. The fourth-order valence-corrected chi connectivity index (χ4v) is 3.70. The third kappa shape index (κ3) is 2.87. The lowest BCUT2D eigenvalue weighted by Crippen LogP contribution is -2.44. The Labute approximate surface area is 119 Å². The number of imidazole rings is 1. The highest BCUT2D eigenvalue weighted by Gasteiger charge is 2.32. The van der Waals surface area contributed by atoms with Crippen LogP contribution in [0.25, 0.3) is 0 Å². The Morgan fingerprint density at radius 3 is 2.85 bits per heavy atom. The van der Waals surface area contributed by atoms with E-state index in [2.05, 4.69) is 14.9 Å². The van der Waals surface area contributed by atoms with Crippen molar-refractivity contribution in [1.82, 2.24) is 14.9 Å². The largest absolute Gasteiger partial charge is 0.351 e. The van der Waals surface area contributed by atoms with Crippen LogP contribution >= 0.6 is 0 Å². The molecule has 5 heteroatoms. The summed E-state index contributed by atoms with van der Waals surface area (Å²) in [6.07, 6.45) is 13.0. The number of nitrogens with zero attached hydrogens (tertiary/aromatic N) is 2. The molecular formula is C15H24N4O. The molecular weight excluding hydrogens is 252 g/mol. The highest BCUT2D eigenvalue weighted by molar-refractivity contribution is 5.79. The second-order valence-electron chi connectivity index (χ2n) is 6.25. The van der Waals surface area contributed by atoms with Crippen molar-refractivity contribution in [2.24, 2.45) is 11.7 Å². The molecule has 2 fully saturated rings. The Morgan fingerprint density at radius 2 is 2.10 bits per heavy atom. The van der Waals surface area contributed by atoms with E-state index in [1.54, 1.807) is 6.20 Å². The van der Waals surface area contributed by atoms with Crippen LogP contribution in [-0.2, 0) is 4.79 Å². The first kappa shape index (κ1) is 13.6. The van der Waals surface area contributed by atoms with Crippen molar-refractivity contribution in [2.75, 3.05) is 0 Å². The number of carbonyl (C=O) groups is 1. The lowest BCUT2D eigenvalue weighted by atomic mass is 9.85. The number of carbonyl (C=O) groups excluding carboxylic acids is 1. The van der Waals surface area contributed by atoms with Gasteiger partial charge in [0.05, 0.1) is 12.4 Å². The normalized spacial score (nSPS) is 34.0. The topological polar surface area (TPSA) is 72.9 Å². The number of hydrogen-bond acceptors (Lipinski definition) is 3. The van der Waals surface area contributed by atoms with Crippen molar-refractivity contribution in [3.8, 4) is 0 Å². The molecule has 2 saturated carbocycles. The van der Waals surface area contributed by atoms with Gasteiger partial charge in [0, 0.05) is 30.4 Å². The second-order valence-corrected chi connectivity index (χ2v) is 6.25. The highest BCUT2D eigenvalue weighted by Crippen LogP contribution is 2.31. The summed E-state index contributed by atoms with van der Waals surface area (Å²) in [6.45, 7) is 0. The molecule has 2 aliphatic rings. The first-order chi connectivity index (χ1) is 9.74. The van der Waals surface area contributed by atoms with E-state index >= 15 is 0 Å². The fraction of sp³-hybridized carbons (Fsp3) is 0.733. The first-order valence-corrected chi connectivity index (χ1v) is 7.77. The molecule has 4 unspecified atom stereocenters. The van der Waals surface area contributed by atoms with Crippen LogP contribution in [0.2, 0.25) is 0 Å². The molecule has 1 aromatic heterocycles. The van der Waals surface area contributed by atoms with E-state index in [9.17, 15) is 4.79 Å². The Balaban J connectivity index is 1.60. The van der Waals surface area contributed by atoms with Crippen molar-refractivity contribution in [2.45, 2.75) is 63.1 Å². The Morgan fingerprint density at radius 1 is 1.25 bits per heavy atom. The maximum Gasteiger partial charge on any atom is 0.223 e. The minimum absolute atomic E-state index is 0.114. The monoisotopic (exact) mass is 276 g/mol. The molecule has 1 aromatic rings. The van der Waals surface area contributed by atoms with E-state index in [0.717, 1.165) is 44.9 Å². The summed E-state index contributed by atoms with van der Waals surface area (Å²) < 4.78 is 2.13. The van der Waals surface area contributed by atoms with Crippen LogP contribution in [0.3, 0.4) is 0 Å². The molecule has 1 heterocycles. The molecule has 0 saturated heterocycles. The molecule has 0 spiro atoms. The number of nitrogens with two attached hydrogens (primary N) is 1. The van der Waals surface area contributed by atoms with E-state index in [1.165, 1.54) is 0 Å². The van der Waals surface area contributed by atoms with Crippen molar-refractivity contribution in [1.29, 1.82) is 0 Å². The molecule has 0 aromatic carbocycles. The molecule has 3 rings (SSSR count). The Kier molecular flexibility index (Phi) is 4.05. The molecule has 5 nitrogen and oxygen atoms in total. The third-order valence-electron chi connectivity index (χ3n) is 4.80. The molecule has 0 bridgehead atoms. The number of nitrogens with one attached hydrogen (secondary N) is 1. The summed E-state index contributed by atoms with van der Waals surface area (Å²) in [6, 6.07) is 0.807.